The zero-order chi connectivity index (χ0) is 22.4. The number of anilines is 1. The van der Waals surface area contributed by atoms with Crippen LogP contribution in [0.2, 0.25) is 0 Å². The first-order valence-corrected chi connectivity index (χ1v) is 12.4. The molecule has 6 rings (SSSR count). The lowest BCUT2D eigenvalue weighted by atomic mass is 9.87. The van der Waals surface area contributed by atoms with Crippen molar-refractivity contribution in [1.29, 1.82) is 0 Å². The molecule has 2 aliphatic heterocycles. The summed E-state index contributed by atoms with van der Waals surface area (Å²) in [6, 6.07) is 9.77. The molecule has 2 saturated heterocycles. The molecular formula is C25H25N5O2S. The summed E-state index contributed by atoms with van der Waals surface area (Å²) in [5.74, 6) is 1.46. The molecule has 4 heterocycles. The Labute approximate surface area is 195 Å². The Morgan fingerprint density at radius 1 is 1.00 bits per heavy atom. The number of fused-ring (bicyclic) bond motifs is 3. The van der Waals surface area contributed by atoms with E-state index in [9.17, 15) is 9.59 Å². The van der Waals surface area contributed by atoms with Crippen LogP contribution in [0.4, 0.5) is 10.6 Å². The molecular weight excluding hydrogens is 434 g/mol. The molecule has 1 aromatic carbocycles. The summed E-state index contributed by atoms with van der Waals surface area (Å²) in [5, 5.41) is 6.44. The van der Waals surface area contributed by atoms with Crippen LogP contribution in [0.15, 0.2) is 30.3 Å². The number of imide groups is 1. The highest BCUT2D eigenvalue weighted by atomic mass is 32.1. The number of carbonyl (C=O) groups excluding carboxylic acids is 2. The van der Waals surface area contributed by atoms with Crippen molar-refractivity contribution in [2.24, 2.45) is 0 Å². The summed E-state index contributed by atoms with van der Waals surface area (Å²) in [6.45, 7) is 1.32. The number of benzene rings is 1. The van der Waals surface area contributed by atoms with E-state index in [1.54, 1.807) is 11.3 Å². The maximum absolute atomic E-state index is 12.4. The summed E-state index contributed by atoms with van der Waals surface area (Å²) < 4.78 is 0. The summed E-state index contributed by atoms with van der Waals surface area (Å²) >= 11 is 1.80. The van der Waals surface area contributed by atoms with Crippen molar-refractivity contribution in [3.05, 3.63) is 52.2 Å². The van der Waals surface area contributed by atoms with Crippen molar-refractivity contribution in [2.75, 3.05) is 18.0 Å². The Kier molecular flexibility index (Phi) is 4.90. The van der Waals surface area contributed by atoms with Crippen LogP contribution in [0.3, 0.4) is 0 Å². The molecule has 8 heteroatoms. The van der Waals surface area contributed by atoms with Crippen molar-refractivity contribution >= 4 is 51.5 Å². The fourth-order valence-corrected chi connectivity index (χ4v) is 6.44. The summed E-state index contributed by atoms with van der Waals surface area (Å²) in [7, 11) is 0. The van der Waals surface area contributed by atoms with Crippen LogP contribution < -0.4 is 15.5 Å². The number of hydrogen-bond donors (Lipinski definition) is 2. The molecule has 3 aliphatic rings. The van der Waals surface area contributed by atoms with Crippen LogP contribution in [0.5, 0.6) is 0 Å². The molecule has 2 aromatic heterocycles. The van der Waals surface area contributed by atoms with E-state index in [0.717, 1.165) is 29.1 Å². The lowest BCUT2D eigenvalue weighted by Crippen LogP contribution is -2.55. The molecule has 2 N–H and O–H groups in total. The molecule has 7 nitrogen and oxygen atoms in total. The number of carbonyl (C=O) groups is 2. The largest absolute Gasteiger partial charge is 0.356 e. The molecule has 168 valence electrons. The average Bonchev–Trinajstić information content (AvgIpc) is 3.34. The number of rotatable bonds is 3. The molecule has 33 heavy (non-hydrogen) atoms. The number of hydrogen-bond acceptors (Lipinski definition) is 6. The average molecular weight is 460 g/mol. The van der Waals surface area contributed by atoms with Crippen molar-refractivity contribution in [1.82, 2.24) is 20.6 Å². The standard InChI is InChI=1S/C25H25N5O2S/c31-23-25(29-24(32)28-23)12-14-30(15-13-25)21-20-17-8-4-5-9-18(17)33-22(20)27-19(26-21)11-10-16-6-2-1-3-7-16/h1-3,6-7,10-11H,4-5,8-9,12-15H2,(H2,28,29,31,32)/b11-10+. The van der Waals surface area contributed by atoms with Gasteiger partial charge in [0.25, 0.3) is 5.91 Å². The van der Waals surface area contributed by atoms with Crippen molar-refractivity contribution in [2.45, 2.75) is 44.1 Å². The summed E-state index contributed by atoms with van der Waals surface area (Å²) in [6.07, 6.45) is 9.76. The Balaban J connectivity index is 1.38. The molecule has 1 aliphatic carbocycles. The van der Waals surface area contributed by atoms with Crippen LogP contribution in [0, 0.1) is 0 Å². The number of thiophene rings is 1. The zero-order valence-corrected chi connectivity index (χ0v) is 19.1. The summed E-state index contributed by atoms with van der Waals surface area (Å²) in [4.78, 5) is 38.8. The van der Waals surface area contributed by atoms with Gasteiger partial charge in [-0.1, -0.05) is 36.4 Å². The number of piperidine rings is 1. The molecule has 0 saturated carbocycles. The topological polar surface area (TPSA) is 87.2 Å². The van der Waals surface area contributed by atoms with Gasteiger partial charge < -0.3 is 10.2 Å². The normalized spacial score (nSPS) is 19.8. The van der Waals surface area contributed by atoms with Gasteiger partial charge in [0.2, 0.25) is 0 Å². The quantitative estimate of drug-likeness (QED) is 0.580. The van der Waals surface area contributed by atoms with Crippen molar-refractivity contribution in [3.8, 4) is 0 Å². The highest BCUT2D eigenvalue weighted by Gasteiger charge is 2.48. The first-order chi connectivity index (χ1) is 16.1. The van der Waals surface area contributed by atoms with Gasteiger partial charge in [0.05, 0.1) is 5.39 Å². The third-order valence-electron chi connectivity index (χ3n) is 6.97. The van der Waals surface area contributed by atoms with E-state index in [2.05, 4.69) is 27.7 Å². The molecule has 0 bridgehead atoms. The van der Waals surface area contributed by atoms with Crippen molar-refractivity contribution < 1.29 is 9.59 Å². The van der Waals surface area contributed by atoms with Gasteiger partial charge in [0.15, 0.2) is 5.82 Å². The first-order valence-electron chi connectivity index (χ1n) is 11.6. The minimum atomic E-state index is -0.788. The first kappa shape index (κ1) is 20.4. The van der Waals surface area contributed by atoms with Gasteiger partial charge in [0.1, 0.15) is 16.2 Å². The van der Waals surface area contributed by atoms with Gasteiger partial charge in [-0.2, -0.15) is 0 Å². The second-order valence-electron chi connectivity index (χ2n) is 9.02. The van der Waals surface area contributed by atoms with Crippen LogP contribution in [-0.2, 0) is 17.6 Å². The number of urea groups is 1. The predicted molar refractivity (Wildman–Crippen MR) is 130 cm³/mol. The molecule has 0 atom stereocenters. The van der Waals surface area contributed by atoms with E-state index in [1.807, 2.05) is 30.4 Å². The van der Waals surface area contributed by atoms with E-state index in [0.29, 0.717) is 31.8 Å². The summed E-state index contributed by atoms with van der Waals surface area (Å²) in [5.41, 5.74) is 1.72. The van der Waals surface area contributed by atoms with Gasteiger partial charge >= 0.3 is 6.03 Å². The maximum Gasteiger partial charge on any atom is 0.322 e. The SMILES string of the molecule is O=C1NC(=O)C2(CCN(c3nc(/C=C/c4ccccc4)nc4sc5c(c34)CCCC5)CC2)N1. The zero-order valence-electron chi connectivity index (χ0n) is 18.3. The number of aromatic nitrogens is 2. The van der Waals surface area contributed by atoms with E-state index >= 15 is 0 Å². The highest BCUT2D eigenvalue weighted by Crippen LogP contribution is 2.41. The molecule has 0 radical (unpaired) electrons. The van der Waals surface area contributed by atoms with E-state index in [4.69, 9.17) is 9.97 Å². The molecule has 3 aromatic rings. The van der Waals surface area contributed by atoms with Gasteiger partial charge in [-0.05, 0) is 55.7 Å². The minimum absolute atomic E-state index is 0.209. The number of nitrogens with zero attached hydrogens (tertiary/aromatic N) is 3. The Bertz CT molecular complexity index is 1270. The van der Waals surface area contributed by atoms with Crippen LogP contribution in [-0.4, -0.2) is 40.5 Å². The lowest BCUT2D eigenvalue weighted by Gasteiger charge is -2.38. The van der Waals surface area contributed by atoms with E-state index < -0.39 is 11.6 Å². The number of amides is 3. The van der Waals surface area contributed by atoms with Crippen LogP contribution in [0.25, 0.3) is 22.4 Å². The fraction of sp³-hybridized carbons (Fsp3) is 0.360. The van der Waals surface area contributed by atoms with E-state index in [-0.39, 0.29) is 5.91 Å². The Hall–Kier alpha value is -3.26. The monoisotopic (exact) mass is 459 g/mol. The second kappa shape index (κ2) is 7.95. The van der Waals surface area contributed by atoms with Gasteiger partial charge in [0, 0.05) is 18.0 Å². The Morgan fingerprint density at radius 2 is 1.79 bits per heavy atom. The molecule has 1 spiro atoms. The third-order valence-corrected chi connectivity index (χ3v) is 8.15. The van der Waals surface area contributed by atoms with E-state index in [1.165, 1.54) is 28.7 Å². The maximum atomic E-state index is 12.4. The van der Waals surface area contributed by atoms with Crippen LogP contribution in [0.1, 0.15) is 47.5 Å². The molecule has 3 amide bonds. The number of aryl methyl sites for hydroxylation is 2. The minimum Gasteiger partial charge on any atom is -0.356 e. The molecule has 0 unspecified atom stereocenters. The van der Waals surface area contributed by atoms with Crippen LogP contribution >= 0.6 is 11.3 Å². The second-order valence-corrected chi connectivity index (χ2v) is 10.1. The fourth-order valence-electron chi connectivity index (χ4n) is 5.17. The smallest absolute Gasteiger partial charge is 0.322 e. The number of nitrogens with one attached hydrogen (secondary N) is 2. The predicted octanol–water partition coefficient (Wildman–Crippen LogP) is 3.92. The third kappa shape index (κ3) is 3.58. The van der Waals surface area contributed by atoms with Gasteiger partial charge in [-0.25, -0.2) is 14.8 Å². The lowest BCUT2D eigenvalue weighted by molar-refractivity contribution is -0.124. The van der Waals surface area contributed by atoms with Gasteiger partial charge in [-0.15, -0.1) is 11.3 Å². The Morgan fingerprint density at radius 3 is 2.55 bits per heavy atom. The van der Waals surface area contributed by atoms with Gasteiger partial charge in [-0.3, -0.25) is 10.1 Å². The molecule has 2 fully saturated rings. The van der Waals surface area contributed by atoms with Crippen molar-refractivity contribution in [3.63, 3.8) is 0 Å². The highest BCUT2D eigenvalue weighted by molar-refractivity contribution is 7.19.